The van der Waals surface area contributed by atoms with Crippen LogP contribution in [-0.4, -0.2) is 51.9 Å². The fourth-order valence-corrected chi connectivity index (χ4v) is 4.51. The van der Waals surface area contributed by atoms with E-state index in [4.69, 9.17) is 11.6 Å². The second-order valence-electron chi connectivity index (χ2n) is 7.82. The van der Waals surface area contributed by atoms with Gasteiger partial charge in [0.05, 0.1) is 24.7 Å². The van der Waals surface area contributed by atoms with Gasteiger partial charge in [-0.05, 0) is 31.9 Å². The second-order valence-corrected chi connectivity index (χ2v) is 8.21. The summed E-state index contributed by atoms with van der Waals surface area (Å²) in [6.07, 6.45) is 3.77. The molecule has 2 aromatic heterocycles. The normalized spacial score (nSPS) is 21.1. The van der Waals surface area contributed by atoms with Crippen molar-refractivity contribution in [3.8, 4) is 0 Å². The lowest BCUT2D eigenvalue weighted by Crippen LogP contribution is -2.39. The lowest BCUT2D eigenvalue weighted by Gasteiger charge is -2.33. The molecule has 0 spiro atoms. The van der Waals surface area contributed by atoms with E-state index in [9.17, 15) is 4.79 Å². The van der Waals surface area contributed by atoms with Gasteiger partial charge in [-0.2, -0.15) is 0 Å². The molecule has 0 aromatic carbocycles. The maximum Gasteiger partial charge on any atom is 0.228 e. The number of pyridine rings is 1. The zero-order valence-electron chi connectivity index (χ0n) is 15.9. The first-order valence-electron chi connectivity index (χ1n) is 9.85. The van der Waals surface area contributed by atoms with Gasteiger partial charge in [-0.15, -0.1) is 0 Å². The number of aromatic nitrogens is 3. The second kappa shape index (κ2) is 6.88. The number of carbonyl (C=O) groups is 1. The molecule has 8 heteroatoms. The van der Waals surface area contributed by atoms with Crippen molar-refractivity contribution >= 4 is 29.0 Å². The summed E-state index contributed by atoms with van der Waals surface area (Å²) in [5, 5.41) is 0.481. The standard InChI is InChI=1S/C20H23ClN6O/c1-13-23-17-12-27(11-16(17)19(24-13)25-6-2-7-25)20(28)14-4-8-26(10-14)15-3-5-22-18(21)9-15/h3,5,9,14H,2,4,6-8,10-12H2,1H3. The summed E-state index contributed by atoms with van der Waals surface area (Å²) in [5.74, 6) is 2.04. The molecule has 1 atom stereocenters. The maximum atomic E-state index is 13.2. The van der Waals surface area contributed by atoms with Gasteiger partial charge in [0, 0.05) is 43.6 Å². The summed E-state index contributed by atoms with van der Waals surface area (Å²) in [6, 6.07) is 3.81. The lowest BCUT2D eigenvalue weighted by atomic mass is 10.1. The van der Waals surface area contributed by atoms with Crippen molar-refractivity contribution < 1.29 is 4.79 Å². The van der Waals surface area contributed by atoms with Crippen LogP contribution < -0.4 is 9.80 Å². The maximum absolute atomic E-state index is 13.2. The third-order valence-corrected chi connectivity index (χ3v) is 6.16. The van der Waals surface area contributed by atoms with Crippen molar-refractivity contribution in [3.05, 3.63) is 40.6 Å². The quantitative estimate of drug-likeness (QED) is 0.740. The summed E-state index contributed by atoms with van der Waals surface area (Å²) in [5.41, 5.74) is 3.18. The minimum atomic E-state index is 0.00256. The zero-order chi connectivity index (χ0) is 19.3. The van der Waals surface area contributed by atoms with E-state index in [1.54, 1.807) is 6.20 Å². The Morgan fingerprint density at radius 3 is 2.79 bits per heavy atom. The molecule has 7 nitrogen and oxygen atoms in total. The van der Waals surface area contributed by atoms with E-state index >= 15 is 0 Å². The number of rotatable bonds is 3. The van der Waals surface area contributed by atoms with Crippen LogP contribution in [0.2, 0.25) is 5.15 Å². The monoisotopic (exact) mass is 398 g/mol. The van der Waals surface area contributed by atoms with E-state index in [1.165, 1.54) is 6.42 Å². The Morgan fingerprint density at radius 1 is 1.18 bits per heavy atom. The Hall–Kier alpha value is -2.41. The van der Waals surface area contributed by atoms with Crippen molar-refractivity contribution in [1.82, 2.24) is 19.9 Å². The van der Waals surface area contributed by atoms with E-state index in [0.717, 1.165) is 61.2 Å². The predicted molar refractivity (Wildman–Crippen MR) is 107 cm³/mol. The topological polar surface area (TPSA) is 65.5 Å². The molecular formula is C20H23ClN6O. The average Bonchev–Trinajstić information content (AvgIpc) is 3.27. The molecule has 0 bridgehead atoms. The highest BCUT2D eigenvalue weighted by Gasteiger charge is 2.36. The molecule has 146 valence electrons. The number of halogens is 1. The molecule has 0 aliphatic carbocycles. The molecule has 28 heavy (non-hydrogen) atoms. The van der Waals surface area contributed by atoms with Crippen LogP contribution in [0, 0.1) is 12.8 Å². The first-order chi connectivity index (χ1) is 13.6. The van der Waals surface area contributed by atoms with Gasteiger partial charge in [0.1, 0.15) is 16.8 Å². The Labute approximate surface area is 169 Å². The predicted octanol–water partition coefficient (Wildman–Crippen LogP) is 2.41. The molecule has 2 fully saturated rings. The summed E-state index contributed by atoms with van der Waals surface area (Å²) in [6.45, 7) is 6.81. The Bertz CT molecular complexity index is 931. The van der Waals surface area contributed by atoms with E-state index in [-0.39, 0.29) is 11.8 Å². The molecule has 2 saturated heterocycles. The number of aryl methyl sites for hydroxylation is 1. The lowest BCUT2D eigenvalue weighted by molar-refractivity contribution is -0.135. The minimum absolute atomic E-state index is 0.00256. The average molecular weight is 399 g/mol. The SMILES string of the molecule is Cc1nc2c(c(N3CCC3)n1)CN(C(=O)C1CCN(c3ccnc(Cl)c3)C1)C2. The van der Waals surface area contributed by atoms with Gasteiger partial charge in [0.15, 0.2) is 0 Å². The van der Waals surface area contributed by atoms with Gasteiger partial charge in [-0.25, -0.2) is 15.0 Å². The van der Waals surface area contributed by atoms with Gasteiger partial charge in [-0.3, -0.25) is 4.79 Å². The molecule has 1 amide bonds. The molecule has 3 aliphatic heterocycles. The fraction of sp³-hybridized carbons (Fsp3) is 0.500. The highest BCUT2D eigenvalue weighted by molar-refractivity contribution is 6.29. The fourth-order valence-electron chi connectivity index (χ4n) is 4.35. The molecule has 3 aliphatic rings. The molecule has 0 N–H and O–H groups in total. The van der Waals surface area contributed by atoms with Crippen LogP contribution in [0.1, 0.15) is 29.9 Å². The van der Waals surface area contributed by atoms with Crippen LogP contribution in [0.15, 0.2) is 18.3 Å². The summed E-state index contributed by atoms with van der Waals surface area (Å²) < 4.78 is 0. The van der Waals surface area contributed by atoms with Gasteiger partial charge < -0.3 is 14.7 Å². The summed E-state index contributed by atoms with van der Waals surface area (Å²) in [7, 11) is 0. The number of hydrogen-bond acceptors (Lipinski definition) is 6. The first-order valence-corrected chi connectivity index (χ1v) is 10.2. The molecular weight excluding hydrogens is 376 g/mol. The van der Waals surface area contributed by atoms with Crippen molar-refractivity contribution in [2.75, 3.05) is 36.0 Å². The Morgan fingerprint density at radius 2 is 2.04 bits per heavy atom. The Kier molecular flexibility index (Phi) is 4.34. The van der Waals surface area contributed by atoms with Gasteiger partial charge in [0.25, 0.3) is 0 Å². The smallest absolute Gasteiger partial charge is 0.228 e. The van der Waals surface area contributed by atoms with Gasteiger partial charge >= 0.3 is 0 Å². The number of carbonyl (C=O) groups excluding carboxylic acids is 1. The third-order valence-electron chi connectivity index (χ3n) is 5.95. The number of fused-ring (bicyclic) bond motifs is 1. The molecule has 1 unspecified atom stereocenters. The van der Waals surface area contributed by atoms with Crippen LogP contribution >= 0.6 is 11.6 Å². The minimum Gasteiger partial charge on any atom is -0.371 e. The van der Waals surface area contributed by atoms with Crippen LogP contribution in [0.3, 0.4) is 0 Å². The van der Waals surface area contributed by atoms with Crippen LogP contribution in [0.25, 0.3) is 0 Å². The molecule has 2 aromatic rings. The third kappa shape index (κ3) is 3.07. The highest BCUT2D eigenvalue weighted by Crippen LogP contribution is 2.34. The van der Waals surface area contributed by atoms with Gasteiger partial charge in [-0.1, -0.05) is 11.6 Å². The van der Waals surface area contributed by atoms with E-state index < -0.39 is 0 Å². The summed E-state index contributed by atoms with van der Waals surface area (Å²) in [4.78, 5) is 33.0. The van der Waals surface area contributed by atoms with Crippen molar-refractivity contribution in [1.29, 1.82) is 0 Å². The molecule has 5 heterocycles. The number of hydrogen-bond donors (Lipinski definition) is 0. The molecule has 0 radical (unpaired) electrons. The largest absolute Gasteiger partial charge is 0.371 e. The number of anilines is 2. The van der Waals surface area contributed by atoms with Crippen LogP contribution in [-0.2, 0) is 17.9 Å². The highest BCUT2D eigenvalue weighted by atomic mass is 35.5. The molecule has 5 rings (SSSR count). The zero-order valence-corrected chi connectivity index (χ0v) is 16.7. The number of amides is 1. The van der Waals surface area contributed by atoms with Crippen LogP contribution in [0.5, 0.6) is 0 Å². The molecule has 0 saturated carbocycles. The van der Waals surface area contributed by atoms with Crippen molar-refractivity contribution in [2.45, 2.75) is 32.9 Å². The van der Waals surface area contributed by atoms with E-state index in [2.05, 4.69) is 24.8 Å². The van der Waals surface area contributed by atoms with Gasteiger partial charge in [0.2, 0.25) is 5.91 Å². The van der Waals surface area contributed by atoms with Crippen molar-refractivity contribution in [3.63, 3.8) is 0 Å². The van der Waals surface area contributed by atoms with E-state index in [1.807, 2.05) is 24.0 Å². The first kappa shape index (κ1) is 17.7. The Balaban J connectivity index is 1.30. The van der Waals surface area contributed by atoms with E-state index in [0.29, 0.717) is 18.2 Å². The number of nitrogens with zero attached hydrogens (tertiary/aromatic N) is 6. The summed E-state index contributed by atoms with van der Waals surface area (Å²) >= 11 is 6.02. The van der Waals surface area contributed by atoms with Crippen LogP contribution in [0.4, 0.5) is 11.5 Å². The van der Waals surface area contributed by atoms with Crippen molar-refractivity contribution in [2.24, 2.45) is 5.92 Å².